The smallest absolute Gasteiger partial charge is 0.233 e. The summed E-state index contributed by atoms with van der Waals surface area (Å²) in [5.74, 6) is 0.217. The predicted octanol–water partition coefficient (Wildman–Crippen LogP) is 4.52. The van der Waals surface area contributed by atoms with E-state index in [1.54, 1.807) is 30.5 Å². The molecule has 1 aliphatic carbocycles. The van der Waals surface area contributed by atoms with Crippen molar-refractivity contribution >= 4 is 33.2 Å². The molecule has 1 saturated heterocycles. The van der Waals surface area contributed by atoms with Gasteiger partial charge in [0.25, 0.3) is 0 Å². The lowest BCUT2D eigenvalue weighted by Gasteiger charge is -2.26. The maximum Gasteiger partial charge on any atom is 0.233 e. The SMILES string of the molecule is Cc1ccc(NC(=O)[C@H](CC2CCOCC2)c2ccc(S(=O)(=O)C3CC3)c(Cl)c2)nc1. The second-order valence-corrected chi connectivity index (χ2v) is 11.1. The van der Waals surface area contributed by atoms with Gasteiger partial charge >= 0.3 is 0 Å². The molecule has 166 valence electrons. The first-order chi connectivity index (χ1) is 14.8. The second kappa shape index (κ2) is 9.27. The fourth-order valence-corrected chi connectivity index (χ4v) is 6.20. The molecule has 0 bridgehead atoms. The number of sulfone groups is 1. The van der Waals surface area contributed by atoms with Crippen LogP contribution in [0.4, 0.5) is 5.82 Å². The van der Waals surface area contributed by atoms with Crippen LogP contribution in [-0.2, 0) is 19.4 Å². The first kappa shape index (κ1) is 22.2. The summed E-state index contributed by atoms with van der Waals surface area (Å²) in [6.07, 6.45) is 5.50. The Hall–Kier alpha value is -1.96. The molecule has 1 aromatic heterocycles. The summed E-state index contributed by atoms with van der Waals surface area (Å²) in [6, 6.07) is 8.59. The lowest BCUT2D eigenvalue weighted by atomic mass is 9.84. The summed E-state index contributed by atoms with van der Waals surface area (Å²) in [7, 11) is -3.40. The Bertz CT molecular complexity index is 1050. The third-order valence-corrected chi connectivity index (χ3v) is 8.76. The predicted molar refractivity (Wildman–Crippen MR) is 120 cm³/mol. The van der Waals surface area contributed by atoms with E-state index in [0.717, 1.165) is 24.0 Å². The van der Waals surface area contributed by atoms with Crippen molar-refractivity contribution in [1.82, 2.24) is 4.98 Å². The lowest BCUT2D eigenvalue weighted by molar-refractivity contribution is -0.118. The minimum Gasteiger partial charge on any atom is -0.381 e. The van der Waals surface area contributed by atoms with Gasteiger partial charge in [0.2, 0.25) is 5.91 Å². The van der Waals surface area contributed by atoms with Crippen molar-refractivity contribution in [2.45, 2.75) is 55.1 Å². The topological polar surface area (TPSA) is 85.4 Å². The maximum atomic E-state index is 13.2. The molecule has 0 unspecified atom stereocenters. The van der Waals surface area contributed by atoms with Gasteiger partial charge in [0, 0.05) is 19.4 Å². The summed E-state index contributed by atoms with van der Waals surface area (Å²) < 4.78 is 30.7. The number of amides is 1. The van der Waals surface area contributed by atoms with E-state index in [1.807, 2.05) is 13.0 Å². The van der Waals surface area contributed by atoms with Crippen molar-refractivity contribution in [3.63, 3.8) is 0 Å². The van der Waals surface area contributed by atoms with Gasteiger partial charge in [-0.3, -0.25) is 4.79 Å². The number of hydrogen-bond acceptors (Lipinski definition) is 5. The molecule has 1 aliphatic heterocycles. The van der Waals surface area contributed by atoms with Gasteiger partial charge in [-0.25, -0.2) is 13.4 Å². The van der Waals surface area contributed by atoms with Crippen LogP contribution in [0.15, 0.2) is 41.4 Å². The van der Waals surface area contributed by atoms with Crippen molar-refractivity contribution in [3.8, 4) is 0 Å². The van der Waals surface area contributed by atoms with Crippen LogP contribution in [0.3, 0.4) is 0 Å². The number of pyridine rings is 1. The Morgan fingerprint density at radius 2 is 1.94 bits per heavy atom. The molecular formula is C23H27ClN2O4S. The number of ether oxygens (including phenoxy) is 1. The molecule has 1 amide bonds. The number of hydrogen-bond donors (Lipinski definition) is 1. The second-order valence-electron chi connectivity index (χ2n) is 8.49. The van der Waals surface area contributed by atoms with Crippen molar-refractivity contribution < 1.29 is 17.9 Å². The van der Waals surface area contributed by atoms with Gasteiger partial charge in [-0.15, -0.1) is 0 Å². The molecule has 2 heterocycles. The third-order valence-electron chi connectivity index (χ3n) is 6.02. The van der Waals surface area contributed by atoms with Crippen LogP contribution in [0.25, 0.3) is 0 Å². The minimum atomic E-state index is -3.40. The molecule has 0 radical (unpaired) electrons. The zero-order chi connectivity index (χ0) is 22.0. The lowest BCUT2D eigenvalue weighted by Crippen LogP contribution is -2.26. The molecule has 0 spiro atoms. The van der Waals surface area contributed by atoms with Crippen LogP contribution in [0.1, 0.15) is 49.1 Å². The van der Waals surface area contributed by atoms with Crippen LogP contribution >= 0.6 is 11.6 Å². The molecule has 8 heteroatoms. The molecule has 31 heavy (non-hydrogen) atoms. The number of carbonyl (C=O) groups excluding carboxylic acids is 1. The van der Waals surface area contributed by atoms with E-state index in [-0.39, 0.29) is 21.1 Å². The normalized spacial score (nSPS) is 18.5. The minimum absolute atomic E-state index is 0.158. The van der Waals surface area contributed by atoms with Crippen LogP contribution in [0.2, 0.25) is 5.02 Å². The summed E-state index contributed by atoms with van der Waals surface area (Å²) >= 11 is 6.41. The summed E-state index contributed by atoms with van der Waals surface area (Å²) in [6.45, 7) is 3.32. The van der Waals surface area contributed by atoms with Gasteiger partial charge in [0.05, 0.1) is 21.1 Å². The van der Waals surface area contributed by atoms with Gasteiger partial charge in [-0.1, -0.05) is 23.7 Å². The Morgan fingerprint density at radius 1 is 1.19 bits per heavy atom. The fraction of sp³-hybridized carbons (Fsp3) is 0.478. The number of benzene rings is 1. The quantitative estimate of drug-likeness (QED) is 0.653. The zero-order valence-electron chi connectivity index (χ0n) is 17.5. The number of nitrogens with zero attached hydrogens (tertiary/aromatic N) is 1. The monoisotopic (exact) mass is 462 g/mol. The zero-order valence-corrected chi connectivity index (χ0v) is 19.1. The highest BCUT2D eigenvalue weighted by atomic mass is 35.5. The molecule has 2 aromatic rings. The number of aromatic nitrogens is 1. The molecule has 1 N–H and O–H groups in total. The molecule has 4 rings (SSSR count). The molecule has 1 atom stereocenters. The van der Waals surface area contributed by atoms with Gasteiger partial charge in [0.1, 0.15) is 5.82 Å². The molecule has 1 saturated carbocycles. The number of nitrogens with one attached hydrogen (secondary N) is 1. The van der Waals surface area contributed by atoms with Crippen molar-refractivity contribution in [3.05, 3.63) is 52.7 Å². The van der Waals surface area contributed by atoms with Crippen molar-refractivity contribution in [2.24, 2.45) is 5.92 Å². The molecular weight excluding hydrogens is 436 g/mol. The summed E-state index contributed by atoms with van der Waals surface area (Å²) in [5.41, 5.74) is 1.73. The van der Waals surface area contributed by atoms with Crippen molar-refractivity contribution in [2.75, 3.05) is 18.5 Å². The van der Waals surface area contributed by atoms with Crippen LogP contribution < -0.4 is 5.32 Å². The van der Waals surface area contributed by atoms with Crippen LogP contribution in [0.5, 0.6) is 0 Å². The molecule has 1 aromatic carbocycles. The average molecular weight is 463 g/mol. The van der Waals surface area contributed by atoms with E-state index in [1.165, 1.54) is 0 Å². The number of rotatable bonds is 7. The Labute approximate surface area is 188 Å². The summed E-state index contributed by atoms with van der Waals surface area (Å²) in [4.78, 5) is 17.7. The van der Waals surface area contributed by atoms with E-state index in [0.29, 0.717) is 44.2 Å². The van der Waals surface area contributed by atoms with E-state index in [4.69, 9.17) is 16.3 Å². The number of carbonyl (C=O) groups is 1. The first-order valence-corrected chi connectivity index (χ1v) is 12.6. The largest absolute Gasteiger partial charge is 0.381 e. The molecule has 6 nitrogen and oxygen atoms in total. The van der Waals surface area contributed by atoms with Crippen LogP contribution in [0, 0.1) is 12.8 Å². The highest BCUT2D eigenvalue weighted by Gasteiger charge is 2.38. The van der Waals surface area contributed by atoms with Gasteiger partial charge < -0.3 is 10.1 Å². The number of anilines is 1. The number of aryl methyl sites for hydroxylation is 1. The highest BCUT2D eigenvalue weighted by Crippen LogP contribution is 2.38. The van der Waals surface area contributed by atoms with E-state index in [2.05, 4.69) is 10.3 Å². The molecule has 2 fully saturated rings. The van der Waals surface area contributed by atoms with Gasteiger partial charge in [0.15, 0.2) is 9.84 Å². The van der Waals surface area contributed by atoms with E-state index in [9.17, 15) is 13.2 Å². The average Bonchev–Trinajstić information content (AvgIpc) is 3.60. The van der Waals surface area contributed by atoms with E-state index < -0.39 is 15.8 Å². The number of halogens is 1. The Morgan fingerprint density at radius 3 is 2.55 bits per heavy atom. The summed E-state index contributed by atoms with van der Waals surface area (Å²) in [5, 5.41) is 2.76. The Balaban J connectivity index is 1.60. The van der Waals surface area contributed by atoms with Gasteiger partial charge in [-0.2, -0.15) is 0 Å². The van der Waals surface area contributed by atoms with Crippen molar-refractivity contribution in [1.29, 1.82) is 0 Å². The third kappa shape index (κ3) is 5.27. The highest BCUT2D eigenvalue weighted by molar-refractivity contribution is 7.92. The van der Waals surface area contributed by atoms with Gasteiger partial charge in [-0.05, 0) is 74.3 Å². The van der Waals surface area contributed by atoms with E-state index >= 15 is 0 Å². The van der Waals surface area contributed by atoms with Crippen LogP contribution in [-0.4, -0.2) is 37.8 Å². The fourth-order valence-electron chi connectivity index (χ4n) is 3.99. The molecule has 2 aliphatic rings. The Kier molecular flexibility index (Phi) is 6.65. The standard InChI is InChI=1S/C23H27ClN2O4S/c1-15-2-7-22(25-14-15)26-23(27)19(12-16-8-10-30-11-9-16)17-3-6-21(20(24)13-17)31(28,29)18-4-5-18/h2-3,6-7,13-14,16,18-19H,4-5,8-12H2,1H3,(H,25,26,27)/t19-/m1/s1. The maximum absolute atomic E-state index is 13.2. The first-order valence-electron chi connectivity index (χ1n) is 10.7.